The predicted molar refractivity (Wildman–Crippen MR) is 58.6 cm³/mol. The fourth-order valence-electron chi connectivity index (χ4n) is 1.23. The molecule has 0 saturated carbocycles. The molecule has 0 fully saturated rings. The van der Waals surface area contributed by atoms with Gasteiger partial charge in [-0.2, -0.15) is 0 Å². The third kappa shape index (κ3) is 1.89. The first kappa shape index (κ1) is 10.6. The fraction of sp³-hybridized carbons (Fsp3) is 0.111. The van der Waals surface area contributed by atoms with Crippen LogP contribution >= 0.6 is 27.5 Å². The van der Waals surface area contributed by atoms with Crippen molar-refractivity contribution < 1.29 is 4.39 Å². The van der Waals surface area contributed by atoms with E-state index in [1.807, 2.05) is 0 Å². The van der Waals surface area contributed by atoms with E-state index in [4.69, 9.17) is 11.6 Å². The Kier molecular flexibility index (Phi) is 3.02. The smallest absolute Gasteiger partial charge is 0.150 e. The van der Waals surface area contributed by atoms with E-state index in [1.165, 1.54) is 16.9 Å². The molecule has 0 amide bonds. The molecule has 0 aliphatic carbocycles. The molecule has 2 aromatic rings. The monoisotopic (exact) mass is 289 g/mol. The van der Waals surface area contributed by atoms with Gasteiger partial charge in [-0.05, 0) is 28.1 Å². The summed E-state index contributed by atoms with van der Waals surface area (Å²) in [6, 6.07) is 4.71. The largest absolute Gasteiger partial charge is 0.212 e. The lowest BCUT2D eigenvalue weighted by Crippen LogP contribution is -2.04. The Hall–Kier alpha value is -0.940. The maximum Gasteiger partial charge on any atom is 0.150 e. The summed E-state index contributed by atoms with van der Waals surface area (Å²) in [4.78, 5) is 0. The average molecular weight is 291 g/mol. The Morgan fingerprint density at radius 3 is 2.93 bits per heavy atom. The first-order valence-electron chi connectivity index (χ1n) is 4.14. The maximum atomic E-state index is 13.6. The van der Waals surface area contributed by atoms with Crippen molar-refractivity contribution in [3.05, 3.63) is 40.4 Å². The zero-order valence-corrected chi connectivity index (χ0v) is 9.83. The van der Waals surface area contributed by atoms with Gasteiger partial charge in [-0.25, -0.2) is 9.07 Å². The lowest BCUT2D eigenvalue weighted by Gasteiger charge is -2.07. The summed E-state index contributed by atoms with van der Waals surface area (Å²) in [6.07, 6.45) is 1.51. The Labute approximate surface area is 99.0 Å². The van der Waals surface area contributed by atoms with Gasteiger partial charge in [0.2, 0.25) is 0 Å². The molecule has 1 heterocycles. The van der Waals surface area contributed by atoms with E-state index < -0.39 is 0 Å². The van der Waals surface area contributed by atoms with E-state index in [0.29, 0.717) is 15.9 Å². The van der Waals surface area contributed by atoms with Crippen LogP contribution in [-0.2, 0) is 5.88 Å². The molecule has 3 nitrogen and oxygen atoms in total. The van der Waals surface area contributed by atoms with Crippen molar-refractivity contribution in [2.24, 2.45) is 0 Å². The van der Waals surface area contributed by atoms with E-state index in [9.17, 15) is 4.39 Å². The summed E-state index contributed by atoms with van der Waals surface area (Å²) in [5.74, 6) is -0.144. The van der Waals surface area contributed by atoms with Crippen molar-refractivity contribution in [3.8, 4) is 5.69 Å². The van der Waals surface area contributed by atoms with Gasteiger partial charge in [0.05, 0.1) is 17.8 Å². The second-order valence-corrected chi connectivity index (χ2v) is 3.96. The molecule has 0 aliphatic heterocycles. The third-order valence-corrected chi connectivity index (χ3v) is 2.82. The quantitative estimate of drug-likeness (QED) is 0.796. The standard InChI is InChI=1S/C9H6BrClFN3/c10-7-2-1-3-8(12)9(7)15-6(4-11)5-13-14-15/h1-3,5H,4H2. The molecule has 0 bridgehead atoms. The van der Waals surface area contributed by atoms with Crippen LogP contribution in [0, 0.1) is 5.82 Å². The molecule has 6 heteroatoms. The number of rotatable bonds is 2. The summed E-state index contributed by atoms with van der Waals surface area (Å²) in [7, 11) is 0. The van der Waals surface area contributed by atoms with Crippen LogP contribution in [0.2, 0.25) is 0 Å². The van der Waals surface area contributed by atoms with Gasteiger partial charge in [-0.1, -0.05) is 11.3 Å². The normalized spacial score (nSPS) is 10.6. The van der Waals surface area contributed by atoms with Crippen LogP contribution < -0.4 is 0 Å². The molecule has 15 heavy (non-hydrogen) atoms. The van der Waals surface area contributed by atoms with Gasteiger partial charge in [-0.3, -0.25) is 0 Å². The predicted octanol–water partition coefficient (Wildman–Crippen LogP) is 2.91. The summed E-state index contributed by atoms with van der Waals surface area (Å²) >= 11 is 8.95. The van der Waals surface area contributed by atoms with Crippen LogP contribution in [0.4, 0.5) is 4.39 Å². The van der Waals surface area contributed by atoms with Crippen molar-refractivity contribution in [1.29, 1.82) is 0 Å². The van der Waals surface area contributed by atoms with Gasteiger partial charge in [0, 0.05) is 4.47 Å². The van der Waals surface area contributed by atoms with Crippen molar-refractivity contribution in [2.45, 2.75) is 5.88 Å². The Morgan fingerprint density at radius 2 is 2.27 bits per heavy atom. The minimum absolute atomic E-state index is 0.230. The van der Waals surface area contributed by atoms with Crippen molar-refractivity contribution in [3.63, 3.8) is 0 Å². The number of alkyl halides is 1. The highest BCUT2D eigenvalue weighted by atomic mass is 79.9. The molecule has 1 aromatic carbocycles. The summed E-state index contributed by atoms with van der Waals surface area (Å²) in [5.41, 5.74) is 0.966. The van der Waals surface area contributed by atoms with E-state index in [-0.39, 0.29) is 11.7 Å². The first-order valence-corrected chi connectivity index (χ1v) is 5.46. The maximum absolute atomic E-state index is 13.6. The number of hydrogen-bond acceptors (Lipinski definition) is 2. The van der Waals surface area contributed by atoms with Gasteiger partial charge >= 0.3 is 0 Å². The molecule has 78 valence electrons. The lowest BCUT2D eigenvalue weighted by atomic mass is 10.3. The van der Waals surface area contributed by atoms with Crippen LogP contribution in [0.1, 0.15) is 5.69 Å². The molecule has 1 aromatic heterocycles. The molecule has 0 spiro atoms. The average Bonchev–Trinajstić information content (AvgIpc) is 2.65. The highest BCUT2D eigenvalue weighted by Crippen LogP contribution is 2.24. The molecule has 0 atom stereocenters. The van der Waals surface area contributed by atoms with E-state index >= 15 is 0 Å². The minimum Gasteiger partial charge on any atom is -0.212 e. The molecule has 2 rings (SSSR count). The Bertz CT molecular complexity index is 466. The number of nitrogens with zero attached hydrogens (tertiary/aromatic N) is 3. The number of hydrogen-bond donors (Lipinski definition) is 0. The molecule has 0 unspecified atom stereocenters. The Morgan fingerprint density at radius 1 is 1.47 bits per heavy atom. The molecule has 0 saturated heterocycles. The molecule has 0 radical (unpaired) electrons. The number of aromatic nitrogens is 3. The highest BCUT2D eigenvalue weighted by molar-refractivity contribution is 9.10. The van der Waals surface area contributed by atoms with E-state index in [2.05, 4.69) is 26.2 Å². The number of para-hydroxylation sites is 1. The molecular formula is C9H6BrClFN3. The van der Waals surface area contributed by atoms with Crippen molar-refractivity contribution >= 4 is 27.5 Å². The van der Waals surface area contributed by atoms with E-state index in [0.717, 1.165) is 0 Å². The zero-order valence-electron chi connectivity index (χ0n) is 7.49. The topological polar surface area (TPSA) is 30.7 Å². The van der Waals surface area contributed by atoms with Gasteiger partial charge in [-0.15, -0.1) is 16.7 Å². The zero-order chi connectivity index (χ0) is 10.8. The number of benzene rings is 1. The van der Waals surface area contributed by atoms with Crippen molar-refractivity contribution in [1.82, 2.24) is 15.0 Å². The van der Waals surface area contributed by atoms with Gasteiger partial charge in [0.1, 0.15) is 11.5 Å². The van der Waals surface area contributed by atoms with Gasteiger partial charge in [0.25, 0.3) is 0 Å². The molecule has 0 N–H and O–H groups in total. The summed E-state index contributed by atoms with van der Waals surface area (Å²) in [5, 5.41) is 7.48. The number of halogens is 3. The first-order chi connectivity index (χ1) is 7.24. The van der Waals surface area contributed by atoms with Gasteiger partial charge < -0.3 is 0 Å². The fourth-order valence-corrected chi connectivity index (χ4v) is 1.92. The summed E-state index contributed by atoms with van der Waals surface area (Å²) < 4.78 is 15.6. The third-order valence-electron chi connectivity index (χ3n) is 1.91. The Balaban J connectivity index is 2.63. The SMILES string of the molecule is Fc1cccc(Br)c1-n1nncc1CCl. The molecule has 0 aliphatic rings. The summed E-state index contributed by atoms with van der Waals surface area (Å²) in [6.45, 7) is 0. The lowest BCUT2D eigenvalue weighted by molar-refractivity contribution is 0.602. The van der Waals surface area contributed by atoms with Crippen molar-refractivity contribution in [2.75, 3.05) is 0 Å². The van der Waals surface area contributed by atoms with Crippen LogP contribution in [0.3, 0.4) is 0 Å². The van der Waals surface area contributed by atoms with Crippen LogP contribution in [0.15, 0.2) is 28.9 Å². The van der Waals surface area contributed by atoms with E-state index in [1.54, 1.807) is 12.1 Å². The van der Waals surface area contributed by atoms with Crippen LogP contribution in [0.25, 0.3) is 5.69 Å². The molecular weight excluding hydrogens is 284 g/mol. The van der Waals surface area contributed by atoms with Crippen LogP contribution in [0.5, 0.6) is 0 Å². The van der Waals surface area contributed by atoms with Gasteiger partial charge in [0.15, 0.2) is 0 Å². The highest BCUT2D eigenvalue weighted by Gasteiger charge is 2.13. The minimum atomic E-state index is -0.374. The second-order valence-electron chi connectivity index (χ2n) is 2.84. The second kappa shape index (κ2) is 4.28. The van der Waals surface area contributed by atoms with Crippen LogP contribution in [-0.4, -0.2) is 15.0 Å².